The Morgan fingerprint density at radius 2 is 2.18 bits per heavy atom. The molecule has 0 radical (unpaired) electrons. The third kappa shape index (κ3) is 2.60. The largest absolute Gasteiger partial charge is 0.364 e. The molecule has 3 aromatic heterocycles. The van der Waals surface area contributed by atoms with Gasteiger partial charge < -0.3 is 9.72 Å². The van der Waals surface area contributed by atoms with Crippen LogP contribution in [0.15, 0.2) is 36.7 Å². The van der Waals surface area contributed by atoms with Crippen LogP contribution in [0.2, 0.25) is 0 Å². The lowest BCUT2D eigenvalue weighted by Gasteiger charge is -2.06. The molecule has 1 N–H and O–H groups in total. The van der Waals surface area contributed by atoms with Gasteiger partial charge in [-0.2, -0.15) is 0 Å². The molecule has 7 heteroatoms. The molecule has 0 amide bonds. The molecular formula is C15H15N5O2. The first-order chi connectivity index (χ1) is 10.5. The lowest BCUT2D eigenvalue weighted by Crippen LogP contribution is -2.04. The minimum Gasteiger partial charge on any atom is -0.364 e. The fraction of sp³-hybridized carbons (Fsp3) is 0.200. The smallest absolute Gasteiger partial charge is 0.287 e. The first-order valence-electron chi connectivity index (χ1n) is 6.83. The van der Waals surface area contributed by atoms with E-state index < -0.39 is 4.92 Å². The monoisotopic (exact) mass is 297 g/mol. The van der Waals surface area contributed by atoms with Gasteiger partial charge in [0.15, 0.2) is 0 Å². The van der Waals surface area contributed by atoms with Crippen LogP contribution >= 0.6 is 0 Å². The summed E-state index contributed by atoms with van der Waals surface area (Å²) in [7, 11) is 0. The molecule has 3 aromatic rings. The second-order valence-corrected chi connectivity index (χ2v) is 5.10. The van der Waals surface area contributed by atoms with Crippen molar-refractivity contribution in [2.75, 3.05) is 5.32 Å². The number of hydrogen-bond acceptors (Lipinski definition) is 5. The van der Waals surface area contributed by atoms with Crippen molar-refractivity contribution in [3.63, 3.8) is 0 Å². The number of pyridine rings is 2. The fourth-order valence-electron chi connectivity index (χ4n) is 2.30. The van der Waals surface area contributed by atoms with E-state index in [-0.39, 0.29) is 5.69 Å². The molecule has 7 nitrogen and oxygen atoms in total. The molecule has 112 valence electrons. The highest BCUT2D eigenvalue weighted by Gasteiger charge is 2.10. The Bertz CT molecular complexity index is 856. The van der Waals surface area contributed by atoms with Crippen molar-refractivity contribution >= 4 is 17.2 Å². The van der Waals surface area contributed by atoms with Crippen LogP contribution in [-0.2, 0) is 6.54 Å². The molecule has 0 saturated carbocycles. The summed E-state index contributed by atoms with van der Waals surface area (Å²) in [5.74, 6) is 0.624. The summed E-state index contributed by atoms with van der Waals surface area (Å²) in [4.78, 5) is 18.9. The van der Waals surface area contributed by atoms with Crippen molar-refractivity contribution in [2.45, 2.75) is 20.4 Å². The van der Waals surface area contributed by atoms with Crippen molar-refractivity contribution < 1.29 is 4.92 Å². The first kappa shape index (κ1) is 14.0. The van der Waals surface area contributed by atoms with Crippen molar-refractivity contribution in [2.24, 2.45) is 0 Å². The number of nitrogens with zero attached hydrogens (tertiary/aromatic N) is 4. The maximum atomic E-state index is 10.7. The molecule has 0 aliphatic rings. The van der Waals surface area contributed by atoms with E-state index in [1.165, 1.54) is 12.3 Å². The van der Waals surface area contributed by atoms with Gasteiger partial charge in [0.25, 0.3) is 5.69 Å². The van der Waals surface area contributed by atoms with Crippen molar-refractivity contribution in [1.82, 2.24) is 14.4 Å². The highest BCUT2D eigenvalue weighted by Crippen LogP contribution is 2.18. The van der Waals surface area contributed by atoms with Gasteiger partial charge in [-0.05, 0) is 31.5 Å². The van der Waals surface area contributed by atoms with Gasteiger partial charge in [-0.1, -0.05) is 6.07 Å². The van der Waals surface area contributed by atoms with Crippen molar-refractivity contribution in [1.29, 1.82) is 0 Å². The first-order valence-corrected chi connectivity index (χ1v) is 6.83. The number of rotatable bonds is 4. The molecule has 0 atom stereocenters. The topological polar surface area (TPSA) is 85.4 Å². The van der Waals surface area contributed by atoms with Gasteiger partial charge in [-0.3, -0.25) is 10.1 Å². The van der Waals surface area contributed by atoms with Crippen LogP contribution in [0, 0.1) is 24.0 Å². The van der Waals surface area contributed by atoms with Crippen molar-refractivity contribution in [3.8, 4) is 0 Å². The SMILES string of the molecule is Cc1cc([N+](=O)[O-])cnc1NCc1cn2c(C)cccc2n1. The molecule has 0 aliphatic carbocycles. The highest BCUT2D eigenvalue weighted by molar-refractivity contribution is 5.49. The van der Waals surface area contributed by atoms with E-state index in [4.69, 9.17) is 0 Å². The third-order valence-corrected chi connectivity index (χ3v) is 3.46. The lowest BCUT2D eigenvalue weighted by atomic mass is 10.2. The lowest BCUT2D eigenvalue weighted by molar-refractivity contribution is -0.385. The van der Waals surface area contributed by atoms with E-state index in [2.05, 4.69) is 15.3 Å². The summed E-state index contributed by atoms with van der Waals surface area (Å²) < 4.78 is 2.02. The number of nitro groups is 1. The van der Waals surface area contributed by atoms with Gasteiger partial charge in [0.05, 0.1) is 17.2 Å². The summed E-state index contributed by atoms with van der Waals surface area (Å²) in [6.45, 7) is 4.32. The van der Waals surface area contributed by atoms with Crippen LogP contribution in [0.1, 0.15) is 17.0 Å². The molecule has 3 rings (SSSR count). The number of imidazole rings is 1. The normalized spacial score (nSPS) is 10.8. The van der Waals surface area contributed by atoms with Crippen molar-refractivity contribution in [3.05, 3.63) is 63.7 Å². The molecular weight excluding hydrogens is 282 g/mol. The van der Waals surface area contributed by atoms with Gasteiger partial charge in [0, 0.05) is 18.0 Å². The number of anilines is 1. The van der Waals surface area contributed by atoms with E-state index in [9.17, 15) is 10.1 Å². The molecule has 3 heterocycles. The van der Waals surface area contributed by atoms with E-state index >= 15 is 0 Å². The zero-order valence-electron chi connectivity index (χ0n) is 12.3. The minimum absolute atomic E-state index is 0.00796. The molecule has 0 spiro atoms. The number of aromatic nitrogens is 3. The Kier molecular flexibility index (Phi) is 3.46. The van der Waals surface area contributed by atoms with Gasteiger partial charge in [0.2, 0.25) is 0 Å². The second-order valence-electron chi connectivity index (χ2n) is 5.10. The molecule has 0 fully saturated rings. The molecule has 0 bridgehead atoms. The third-order valence-electron chi connectivity index (χ3n) is 3.46. The summed E-state index contributed by atoms with van der Waals surface area (Å²) >= 11 is 0. The van der Waals surface area contributed by atoms with Crippen LogP contribution in [0.3, 0.4) is 0 Å². The predicted octanol–water partition coefficient (Wildman–Crippen LogP) is 2.87. The maximum absolute atomic E-state index is 10.7. The Morgan fingerprint density at radius 3 is 2.86 bits per heavy atom. The zero-order chi connectivity index (χ0) is 15.7. The summed E-state index contributed by atoms with van der Waals surface area (Å²) in [6.07, 6.45) is 3.22. The average Bonchev–Trinajstić information content (AvgIpc) is 2.90. The van der Waals surface area contributed by atoms with E-state index in [0.29, 0.717) is 12.4 Å². The molecule has 0 aromatic carbocycles. The average molecular weight is 297 g/mol. The Balaban J connectivity index is 1.79. The van der Waals surface area contributed by atoms with Crippen LogP contribution in [0.25, 0.3) is 5.65 Å². The Labute approximate surface area is 126 Å². The van der Waals surface area contributed by atoms with Gasteiger partial charge in [-0.25, -0.2) is 9.97 Å². The molecule has 22 heavy (non-hydrogen) atoms. The number of hydrogen-bond donors (Lipinski definition) is 1. The summed E-state index contributed by atoms with van der Waals surface area (Å²) in [6, 6.07) is 7.44. The number of fused-ring (bicyclic) bond motifs is 1. The van der Waals surface area contributed by atoms with E-state index in [1.807, 2.05) is 35.7 Å². The summed E-state index contributed by atoms with van der Waals surface area (Å²) in [5.41, 5.74) is 3.61. The van der Waals surface area contributed by atoms with Crippen LogP contribution in [0.4, 0.5) is 11.5 Å². The van der Waals surface area contributed by atoms with Gasteiger partial charge in [-0.15, -0.1) is 0 Å². The quantitative estimate of drug-likeness (QED) is 0.591. The van der Waals surface area contributed by atoms with Gasteiger partial charge in [0.1, 0.15) is 17.7 Å². The number of aryl methyl sites for hydroxylation is 2. The van der Waals surface area contributed by atoms with E-state index in [1.54, 1.807) is 6.92 Å². The molecule has 0 saturated heterocycles. The van der Waals surface area contributed by atoms with Gasteiger partial charge >= 0.3 is 0 Å². The van der Waals surface area contributed by atoms with E-state index in [0.717, 1.165) is 22.6 Å². The van der Waals surface area contributed by atoms with Crippen LogP contribution in [-0.4, -0.2) is 19.3 Å². The Morgan fingerprint density at radius 1 is 1.36 bits per heavy atom. The summed E-state index contributed by atoms with van der Waals surface area (Å²) in [5, 5.41) is 13.9. The maximum Gasteiger partial charge on any atom is 0.287 e. The molecule has 0 unspecified atom stereocenters. The standard InChI is InChI=1S/C15H15N5O2/c1-10-6-13(20(21)22)8-17-15(10)16-7-12-9-19-11(2)4-3-5-14(19)18-12/h3-6,8-9H,7H2,1-2H3,(H,16,17). The number of nitrogens with one attached hydrogen (secondary N) is 1. The van der Waals surface area contributed by atoms with Crippen LogP contribution in [0.5, 0.6) is 0 Å². The molecule has 0 aliphatic heterocycles. The highest BCUT2D eigenvalue weighted by atomic mass is 16.6. The van der Waals surface area contributed by atoms with Crippen LogP contribution < -0.4 is 5.32 Å². The predicted molar refractivity (Wildman–Crippen MR) is 82.9 cm³/mol. The zero-order valence-corrected chi connectivity index (χ0v) is 12.3. The fourth-order valence-corrected chi connectivity index (χ4v) is 2.30. The Hall–Kier alpha value is -2.96. The second kappa shape index (κ2) is 5.44. The minimum atomic E-state index is -0.450.